The van der Waals surface area contributed by atoms with E-state index in [1.54, 1.807) is 6.92 Å². The zero-order valence-corrected chi connectivity index (χ0v) is 11.4. The van der Waals surface area contributed by atoms with Gasteiger partial charge in [0.1, 0.15) is 11.3 Å². The predicted molar refractivity (Wildman–Crippen MR) is 74.0 cm³/mol. The summed E-state index contributed by atoms with van der Waals surface area (Å²) in [5.74, 6) is 0.0444. The largest absolute Gasteiger partial charge is 0.475 e. The normalized spacial score (nSPS) is 11.1. The Morgan fingerprint density at radius 1 is 1.35 bits per heavy atom. The number of carboxylic acids is 1. The first-order valence-electron chi connectivity index (χ1n) is 5.94. The van der Waals surface area contributed by atoms with Gasteiger partial charge in [-0.1, -0.05) is 23.9 Å². The molecule has 102 valence electrons. The topological polar surface area (TPSA) is 76.5 Å². The molecule has 0 aliphatic rings. The van der Waals surface area contributed by atoms with Crippen molar-refractivity contribution in [3.8, 4) is 0 Å². The van der Waals surface area contributed by atoms with Crippen LogP contribution in [0.5, 0.6) is 0 Å². The molecule has 6 heteroatoms. The van der Waals surface area contributed by atoms with Crippen molar-refractivity contribution in [1.29, 1.82) is 0 Å². The van der Waals surface area contributed by atoms with Crippen LogP contribution in [0.2, 0.25) is 0 Å². The van der Waals surface area contributed by atoms with Gasteiger partial charge in [0.05, 0.1) is 0 Å². The number of hydrogen-bond acceptors (Lipinski definition) is 5. The summed E-state index contributed by atoms with van der Waals surface area (Å²) >= 11 is 1.41. The van der Waals surface area contributed by atoms with E-state index in [2.05, 4.69) is 4.98 Å². The standard InChI is InChI=1S/C14H11NO4S/c1-8-9(6-12(18-8)13(16)17)7-20-14-15-10-4-2-3-5-11(10)19-14/h2-6H,7H2,1H3,(H,16,17). The van der Waals surface area contributed by atoms with Crippen molar-refractivity contribution in [3.05, 3.63) is 47.4 Å². The van der Waals surface area contributed by atoms with Crippen molar-refractivity contribution < 1.29 is 18.7 Å². The summed E-state index contributed by atoms with van der Waals surface area (Å²) in [4.78, 5) is 15.2. The van der Waals surface area contributed by atoms with E-state index >= 15 is 0 Å². The SMILES string of the molecule is Cc1oc(C(=O)O)cc1CSc1nc2ccccc2o1. The first-order chi connectivity index (χ1) is 9.63. The van der Waals surface area contributed by atoms with E-state index in [0.717, 1.165) is 16.7 Å². The van der Waals surface area contributed by atoms with Crippen LogP contribution in [0.25, 0.3) is 11.1 Å². The van der Waals surface area contributed by atoms with Crippen LogP contribution in [-0.4, -0.2) is 16.1 Å². The summed E-state index contributed by atoms with van der Waals surface area (Å²) in [6, 6.07) is 9.07. The van der Waals surface area contributed by atoms with Gasteiger partial charge in [0, 0.05) is 11.3 Å². The van der Waals surface area contributed by atoms with Gasteiger partial charge in [0.25, 0.3) is 5.22 Å². The minimum atomic E-state index is -1.06. The third-order valence-corrected chi connectivity index (χ3v) is 3.73. The maximum atomic E-state index is 10.8. The maximum absolute atomic E-state index is 10.8. The zero-order chi connectivity index (χ0) is 14.1. The molecule has 0 saturated heterocycles. The second-order valence-electron chi connectivity index (χ2n) is 4.23. The number of nitrogens with zero attached hydrogens (tertiary/aromatic N) is 1. The Bertz CT molecular complexity index is 741. The Kier molecular flexibility index (Phi) is 3.23. The number of aromatic nitrogens is 1. The number of carboxylic acid groups (broad SMARTS) is 1. The van der Waals surface area contributed by atoms with Gasteiger partial charge in [-0.2, -0.15) is 0 Å². The van der Waals surface area contributed by atoms with E-state index in [1.165, 1.54) is 17.8 Å². The summed E-state index contributed by atoms with van der Waals surface area (Å²) in [6.07, 6.45) is 0. The number of aromatic carboxylic acids is 1. The lowest BCUT2D eigenvalue weighted by Gasteiger charge is -1.94. The minimum absolute atomic E-state index is 0.0457. The molecule has 5 nitrogen and oxygen atoms in total. The van der Waals surface area contributed by atoms with E-state index in [1.807, 2.05) is 24.3 Å². The lowest BCUT2D eigenvalue weighted by molar-refractivity contribution is 0.0661. The summed E-state index contributed by atoms with van der Waals surface area (Å²) in [5.41, 5.74) is 2.38. The number of aryl methyl sites for hydroxylation is 1. The highest BCUT2D eigenvalue weighted by molar-refractivity contribution is 7.98. The highest BCUT2D eigenvalue weighted by atomic mass is 32.2. The van der Waals surface area contributed by atoms with E-state index < -0.39 is 5.97 Å². The quantitative estimate of drug-likeness (QED) is 0.738. The molecule has 0 unspecified atom stereocenters. The molecule has 2 aromatic heterocycles. The molecule has 0 spiro atoms. The van der Waals surface area contributed by atoms with Gasteiger partial charge in [0.2, 0.25) is 5.76 Å². The number of fused-ring (bicyclic) bond motifs is 1. The van der Waals surface area contributed by atoms with E-state index in [9.17, 15) is 4.79 Å². The molecule has 0 amide bonds. The molecule has 3 aromatic rings. The molecular weight excluding hydrogens is 278 g/mol. The Labute approximate surface area is 118 Å². The number of benzene rings is 1. The van der Waals surface area contributed by atoms with E-state index in [4.69, 9.17) is 13.9 Å². The Morgan fingerprint density at radius 2 is 2.15 bits per heavy atom. The molecule has 0 aliphatic carbocycles. The number of carbonyl (C=O) groups is 1. The van der Waals surface area contributed by atoms with Crippen molar-refractivity contribution in [2.24, 2.45) is 0 Å². The number of furan rings is 1. The minimum Gasteiger partial charge on any atom is -0.475 e. The van der Waals surface area contributed by atoms with E-state index in [0.29, 0.717) is 16.7 Å². The highest BCUT2D eigenvalue weighted by Crippen LogP contribution is 2.28. The smallest absolute Gasteiger partial charge is 0.371 e. The Balaban J connectivity index is 1.77. The van der Waals surface area contributed by atoms with Crippen LogP contribution >= 0.6 is 11.8 Å². The molecule has 20 heavy (non-hydrogen) atoms. The van der Waals surface area contributed by atoms with Crippen LogP contribution in [0, 0.1) is 6.92 Å². The number of oxazole rings is 1. The van der Waals surface area contributed by atoms with Crippen LogP contribution in [0.4, 0.5) is 0 Å². The monoisotopic (exact) mass is 289 g/mol. The summed E-state index contributed by atoms with van der Waals surface area (Å²) < 4.78 is 10.7. The molecule has 0 fully saturated rings. The fraction of sp³-hybridized carbons (Fsp3) is 0.143. The summed E-state index contributed by atoms with van der Waals surface area (Å²) in [5, 5.41) is 9.43. The average Bonchev–Trinajstić information content (AvgIpc) is 2.99. The van der Waals surface area contributed by atoms with Gasteiger partial charge in [0.15, 0.2) is 5.58 Å². The highest BCUT2D eigenvalue weighted by Gasteiger charge is 2.14. The molecule has 1 aromatic carbocycles. The molecule has 3 rings (SSSR count). The maximum Gasteiger partial charge on any atom is 0.371 e. The lowest BCUT2D eigenvalue weighted by atomic mass is 10.3. The summed E-state index contributed by atoms with van der Waals surface area (Å²) in [7, 11) is 0. The molecular formula is C14H11NO4S. The number of para-hydroxylation sites is 2. The first-order valence-corrected chi connectivity index (χ1v) is 6.93. The second-order valence-corrected chi connectivity index (χ2v) is 5.16. The van der Waals surface area contributed by atoms with Crippen molar-refractivity contribution in [3.63, 3.8) is 0 Å². The van der Waals surface area contributed by atoms with Crippen LogP contribution < -0.4 is 0 Å². The van der Waals surface area contributed by atoms with Crippen molar-refractivity contribution in [1.82, 2.24) is 4.98 Å². The first kappa shape index (κ1) is 12.8. The van der Waals surface area contributed by atoms with Crippen LogP contribution in [0.1, 0.15) is 21.9 Å². The summed E-state index contributed by atoms with van der Waals surface area (Å²) in [6.45, 7) is 1.74. The number of hydrogen-bond donors (Lipinski definition) is 1. The molecule has 1 N–H and O–H groups in total. The number of rotatable bonds is 4. The molecule has 2 heterocycles. The lowest BCUT2D eigenvalue weighted by Crippen LogP contribution is -1.91. The third-order valence-electron chi connectivity index (χ3n) is 2.86. The molecule has 0 saturated carbocycles. The van der Waals surface area contributed by atoms with Crippen LogP contribution in [0.3, 0.4) is 0 Å². The third kappa shape index (κ3) is 2.42. The van der Waals surface area contributed by atoms with E-state index in [-0.39, 0.29) is 5.76 Å². The molecule has 0 atom stereocenters. The molecule has 0 bridgehead atoms. The number of thioether (sulfide) groups is 1. The molecule has 0 aliphatic heterocycles. The van der Waals surface area contributed by atoms with Gasteiger partial charge < -0.3 is 13.9 Å². The fourth-order valence-electron chi connectivity index (χ4n) is 1.82. The van der Waals surface area contributed by atoms with Gasteiger partial charge >= 0.3 is 5.97 Å². The van der Waals surface area contributed by atoms with Crippen molar-refractivity contribution in [2.45, 2.75) is 17.9 Å². The van der Waals surface area contributed by atoms with Crippen LogP contribution in [0.15, 0.2) is 44.4 Å². The predicted octanol–water partition coefficient (Wildman–Crippen LogP) is 3.72. The van der Waals surface area contributed by atoms with Crippen molar-refractivity contribution >= 4 is 28.8 Å². The van der Waals surface area contributed by atoms with Crippen LogP contribution in [-0.2, 0) is 5.75 Å². The van der Waals surface area contributed by atoms with Gasteiger partial charge in [-0.05, 0) is 25.1 Å². The van der Waals surface area contributed by atoms with Crippen molar-refractivity contribution in [2.75, 3.05) is 0 Å². The Morgan fingerprint density at radius 3 is 2.85 bits per heavy atom. The second kappa shape index (κ2) is 5.05. The van der Waals surface area contributed by atoms with Gasteiger partial charge in [-0.25, -0.2) is 9.78 Å². The fourth-order valence-corrected chi connectivity index (χ4v) is 2.70. The average molecular weight is 289 g/mol. The Hall–Kier alpha value is -2.21. The molecule has 0 radical (unpaired) electrons. The van der Waals surface area contributed by atoms with Gasteiger partial charge in [-0.15, -0.1) is 0 Å². The zero-order valence-electron chi connectivity index (χ0n) is 10.6. The van der Waals surface area contributed by atoms with Gasteiger partial charge in [-0.3, -0.25) is 0 Å².